The number of pyridine rings is 1. The molecule has 2 heterocycles. The maximum atomic E-state index is 9.88. The zero-order valence-corrected chi connectivity index (χ0v) is 5.89. The van der Waals surface area contributed by atoms with Crippen molar-refractivity contribution in [2.45, 2.75) is 0 Å². The maximum Gasteiger partial charge on any atom is 0.242 e. The van der Waals surface area contributed by atoms with Crippen LogP contribution in [-0.2, 0) is 4.79 Å². The number of rotatable bonds is 1. The molecule has 0 fully saturated rings. The molecule has 2 rings (SSSR count). The zero-order chi connectivity index (χ0) is 8.39. The van der Waals surface area contributed by atoms with E-state index in [-0.39, 0.29) is 0 Å². The second-order valence-electron chi connectivity index (χ2n) is 2.11. The van der Waals surface area contributed by atoms with Crippen LogP contribution in [0.1, 0.15) is 0 Å². The van der Waals surface area contributed by atoms with Crippen LogP contribution in [0.15, 0.2) is 28.0 Å². The normalized spacial score (nSPS) is 9.67. The van der Waals surface area contributed by atoms with Crippen molar-refractivity contribution < 1.29 is 9.32 Å². The van der Waals surface area contributed by atoms with E-state index in [1.165, 1.54) is 18.5 Å². The first kappa shape index (κ1) is 6.69. The van der Waals surface area contributed by atoms with Crippen molar-refractivity contribution in [1.29, 1.82) is 0 Å². The number of hydrogen-bond acceptors (Lipinski definition) is 5. The van der Waals surface area contributed by atoms with E-state index in [0.717, 1.165) is 5.39 Å². The quantitative estimate of drug-likeness (QED) is 0.465. The topological polar surface area (TPSA) is 68.3 Å². The van der Waals surface area contributed by atoms with Crippen LogP contribution in [0.4, 0.5) is 5.82 Å². The molecular formula is C7H3N3O2. The Labute approximate surface area is 66.7 Å². The Morgan fingerprint density at radius 1 is 1.50 bits per heavy atom. The number of aromatic nitrogens is 2. The standard InChI is InChI=1S/C7H3N3O2/c11-4-9-7-1-5-2-10-12-6(5)3-8-7/h1-3H. The number of isocyanates is 1. The summed E-state index contributed by atoms with van der Waals surface area (Å²) in [5.41, 5.74) is 0.569. The molecule has 58 valence electrons. The summed E-state index contributed by atoms with van der Waals surface area (Å²) in [4.78, 5) is 17.0. The number of hydrogen-bond donors (Lipinski definition) is 0. The van der Waals surface area contributed by atoms with Crippen molar-refractivity contribution in [2.24, 2.45) is 4.99 Å². The Balaban J connectivity index is 2.67. The zero-order valence-electron chi connectivity index (χ0n) is 5.89. The fourth-order valence-electron chi connectivity index (χ4n) is 0.872. The predicted molar refractivity (Wildman–Crippen MR) is 39.6 cm³/mol. The minimum atomic E-state index is 0.306. The Kier molecular flexibility index (Phi) is 1.43. The van der Waals surface area contributed by atoms with Gasteiger partial charge in [-0.2, -0.15) is 0 Å². The van der Waals surface area contributed by atoms with Crippen LogP contribution in [0.5, 0.6) is 0 Å². The van der Waals surface area contributed by atoms with E-state index in [9.17, 15) is 4.79 Å². The maximum absolute atomic E-state index is 9.88. The molecule has 0 atom stereocenters. The molecule has 0 aromatic carbocycles. The molecule has 0 radical (unpaired) electrons. The molecule has 12 heavy (non-hydrogen) atoms. The average molecular weight is 161 g/mol. The molecule has 2 aromatic rings. The van der Waals surface area contributed by atoms with Crippen molar-refractivity contribution in [3.63, 3.8) is 0 Å². The van der Waals surface area contributed by atoms with E-state index >= 15 is 0 Å². The van der Waals surface area contributed by atoms with E-state index in [1.54, 1.807) is 6.07 Å². The third-order valence-electron chi connectivity index (χ3n) is 1.39. The Morgan fingerprint density at radius 2 is 2.42 bits per heavy atom. The SMILES string of the molecule is O=C=Nc1cc2cnoc2cn1. The van der Waals surface area contributed by atoms with Gasteiger partial charge < -0.3 is 4.52 Å². The molecule has 0 unspecified atom stereocenters. The van der Waals surface area contributed by atoms with Gasteiger partial charge in [0, 0.05) is 5.39 Å². The van der Waals surface area contributed by atoms with Crippen molar-refractivity contribution in [3.8, 4) is 0 Å². The van der Waals surface area contributed by atoms with Gasteiger partial charge in [0.15, 0.2) is 11.4 Å². The molecule has 2 aromatic heterocycles. The minimum Gasteiger partial charge on any atom is -0.355 e. The van der Waals surface area contributed by atoms with Crippen LogP contribution >= 0.6 is 0 Å². The van der Waals surface area contributed by atoms with Gasteiger partial charge >= 0.3 is 0 Å². The average Bonchev–Trinajstić information content (AvgIpc) is 2.51. The fraction of sp³-hybridized carbons (Fsp3) is 0. The predicted octanol–water partition coefficient (Wildman–Crippen LogP) is 1.19. The third-order valence-corrected chi connectivity index (χ3v) is 1.39. The summed E-state index contributed by atoms with van der Waals surface area (Å²) in [7, 11) is 0. The monoisotopic (exact) mass is 161 g/mol. The summed E-state index contributed by atoms with van der Waals surface area (Å²) in [6.45, 7) is 0. The fourth-order valence-corrected chi connectivity index (χ4v) is 0.872. The van der Waals surface area contributed by atoms with Crippen LogP contribution in [-0.4, -0.2) is 16.2 Å². The van der Waals surface area contributed by atoms with Crippen LogP contribution in [0.25, 0.3) is 11.0 Å². The first-order valence-electron chi connectivity index (χ1n) is 3.18. The molecule has 0 aliphatic carbocycles. The number of carbonyl (C=O) groups excluding carboxylic acids is 1. The first-order chi connectivity index (χ1) is 5.90. The molecule has 0 amide bonds. The number of fused-ring (bicyclic) bond motifs is 1. The largest absolute Gasteiger partial charge is 0.355 e. The van der Waals surface area contributed by atoms with E-state index in [0.29, 0.717) is 11.4 Å². The van der Waals surface area contributed by atoms with Crippen LogP contribution in [0, 0.1) is 0 Å². The van der Waals surface area contributed by atoms with Gasteiger partial charge in [-0.1, -0.05) is 5.16 Å². The summed E-state index contributed by atoms with van der Waals surface area (Å²) in [5.74, 6) is 0.306. The molecule has 5 nitrogen and oxygen atoms in total. The molecule has 5 heteroatoms. The lowest BCUT2D eigenvalue weighted by molar-refractivity contribution is 0.455. The highest BCUT2D eigenvalue weighted by molar-refractivity contribution is 5.77. The third kappa shape index (κ3) is 0.980. The van der Waals surface area contributed by atoms with E-state index in [4.69, 9.17) is 4.52 Å². The lowest BCUT2D eigenvalue weighted by Crippen LogP contribution is -1.71. The van der Waals surface area contributed by atoms with Crippen molar-refractivity contribution >= 4 is 22.9 Å². The van der Waals surface area contributed by atoms with E-state index in [2.05, 4.69) is 15.1 Å². The summed E-state index contributed by atoms with van der Waals surface area (Å²) < 4.78 is 4.80. The van der Waals surface area contributed by atoms with Crippen molar-refractivity contribution in [3.05, 3.63) is 18.5 Å². The van der Waals surface area contributed by atoms with Gasteiger partial charge in [-0.05, 0) is 6.07 Å². The summed E-state index contributed by atoms with van der Waals surface area (Å²) in [6, 6.07) is 1.59. The Hall–Kier alpha value is -2.00. The van der Waals surface area contributed by atoms with E-state index < -0.39 is 0 Å². The second kappa shape index (κ2) is 2.56. The minimum absolute atomic E-state index is 0.306. The van der Waals surface area contributed by atoms with Gasteiger partial charge in [0.1, 0.15) is 0 Å². The number of nitrogens with zero attached hydrogens (tertiary/aromatic N) is 3. The first-order valence-corrected chi connectivity index (χ1v) is 3.18. The molecule has 0 saturated heterocycles. The van der Waals surface area contributed by atoms with Crippen LogP contribution in [0.2, 0.25) is 0 Å². The van der Waals surface area contributed by atoms with Gasteiger partial charge in [-0.15, -0.1) is 4.99 Å². The number of aliphatic imine (C=N–C) groups is 1. The highest BCUT2D eigenvalue weighted by atomic mass is 16.5. The lowest BCUT2D eigenvalue weighted by atomic mass is 10.3. The van der Waals surface area contributed by atoms with Gasteiger partial charge in [0.05, 0.1) is 12.4 Å². The van der Waals surface area contributed by atoms with Crippen molar-refractivity contribution in [1.82, 2.24) is 10.1 Å². The van der Waals surface area contributed by atoms with Crippen LogP contribution < -0.4 is 0 Å². The molecular weight excluding hydrogens is 158 g/mol. The highest BCUT2D eigenvalue weighted by Crippen LogP contribution is 2.16. The van der Waals surface area contributed by atoms with Gasteiger partial charge in [0.25, 0.3) is 0 Å². The molecule has 0 aliphatic heterocycles. The van der Waals surface area contributed by atoms with E-state index in [1.807, 2.05) is 0 Å². The lowest BCUT2D eigenvalue weighted by Gasteiger charge is -1.86. The molecule has 0 aliphatic rings. The molecule has 0 N–H and O–H groups in total. The summed E-state index contributed by atoms with van der Waals surface area (Å²) in [5, 5.41) is 4.31. The summed E-state index contributed by atoms with van der Waals surface area (Å²) in [6.07, 6.45) is 4.39. The Bertz CT molecular complexity index is 456. The molecule has 0 saturated carbocycles. The van der Waals surface area contributed by atoms with Crippen molar-refractivity contribution in [2.75, 3.05) is 0 Å². The molecule has 0 spiro atoms. The van der Waals surface area contributed by atoms with Gasteiger partial charge in [-0.3, -0.25) is 0 Å². The second-order valence-corrected chi connectivity index (χ2v) is 2.11. The molecule has 0 bridgehead atoms. The Morgan fingerprint density at radius 3 is 3.25 bits per heavy atom. The highest BCUT2D eigenvalue weighted by Gasteiger charge is 1.99. The smallest absolute Gasteiger partial charge is 0.242 e. The van der Waals surface area contributed by atoms with Gasteiger partial charge in [-0.25, -0.2) is 9.78 Å². The summed E-state index contributed by atoms with van der Waals surface area (Å²) >= 11 is 0. The van der Waals surface area contributed by atoms with Gasteiger partial charge in [0.2, 0.25) is 6.08 Å². The van der Waals surface area contributed by atoms with Crippen LogP contribution in [0.3, 0.4) is 0 Å².